The van der Waals surface area contributed by atoms with E-state index in [-0.39, 0.29) is 5.56 Å². The van der Waals surface area contributed by atoms with Crippen molar-refractivity contribution in [1.29, 1.82) is 0 Å². The number of hydrogen-bond acceptors (Lipinski definition) is 2. The van der Waals surface area contributed by atoms with Crippen LogP contribution >= 0.6 is 11.6 Å². The van der Waals surface area contributed by atoms with Gasteiger partial charge in [0, 0.05) is 5.02 Å². The Labute approximate surface area is 115 Å². The number of halogens is 2. The normalized spacial score (nSPS) is 11.9. The van der Waals surface area contributed by atoms with E-state index in [1.54, 1.807) is 6.92 Å². The van der Waals surface area contributed by atoms with Crippen LogP contribution in [-0.4, -0.2) is 5.97 Å². The van der Waals surface area contributed by atoms with Crippen LogP contribution < -0.4 is 0 Å². The molecule has 0 radical (unpaired) electrons. The Hall–Kier alpha value is -1.87. The minimum atomic E-state index is -0.726. The second-order valence-electron chi connectivity index (χ2n) is 4.08. The van der Waals surface area contributed by atoms with Crippen molar-refractivity contribution in [3.8, 4) is 0 Å². The largest absolute Gasteiger partial charge is 0.454 e. The van der Waals surface area contributed by atoms with Gasteiger partial charge in [0.15, 0.2) is 0 Å². The molecular weight excluding hydrogens is 267 g/mol. The maximum atomic E-state index is 13.5. The molecule has 0 heterocycles. The topological polar surface area (TPSA) is 26.3 Å². The first-order valence-corrected chi connectivity index (χ1v) is 6.16. The summed E-state index contributed by atoms with van der Waals surface area (Å²) >= 11 is 5.74. The van der Waals surface area contributed by atoms with Gasteiger partial charge in [-0.1, -0.05) is 41.9 Å². The zero-order chi connectivity index (χ0) is 13.8. The maximum Gasteiger partial charge on any atom is 0.341 e. The van der Waals surface area contributed by atoms with E-state index in [1.165, 1.54) is 12.1 Å². The first-order chi connectivity index (χ1) is 9.08. The van der Waals surface area contributed by atoms with Crippen LogP contribution in [0.3, 0.4) is 0 Å². The summed E-state index contributed by atoms with van der Waals surface area (Å²) in [5.41, 5.74) is 0.688. The molecule has 0 amide bonds. The standard InChI is InChI=1S/C15H12ClFO2/c1-10(11-5-3-2-4-6-11)19-15(18)13-9-12(16)7-8-14(13)17/h2-10H,1H3. The van der Waals surface area contributed by atoms with Gasteiger partial charge in [-0.2, -0.15) is 0 Å². The Bertz CT molecular complexity index is 584. The van der Waals surface area contributed by atoms with Gasteiger partial charge in [-0.05, 0) is 30.7 Å². The number of carbonyl (C=O) groups is 1. The molecule has 98 valence electrons. The van der Waals surface area contributed by atoms with Crippen LogP contribution in [0.15, 0.2) is 48.5 Å². The van der Waals surface area contributed by atoms with Gasteiger partial charge >= 0.3 is 5.97 Å². The highest BCUT2D eigenvalue weighted by Gasteiger charge is 2.17. The van der Waals surface area contributed by atoms with E-state index >= 15 is 0 Å². The summed E-state index contributed by atoms with van der Waals surface area (Å²) in [7, 11) is 0. The molecule has 0 bridgehead atoms. The van der Waals surface area contributed by atoms with E-state index in [1.807, 2.05) is 30.3 Å². The molecule has 1 unspecified atom stereocenters. The lowest BCUT2D eigenvalue weighted by atomic mass is 10.1. The molecule has 0 aliphatic carbocycles. The lowest BCUT2D eigenvalue weighted by Gasteiger charge is -2.13. The third-order valence-corrected chi connectivity index (χ3v) is 2.94. The van der Waals surface area contributed by atoms with Crippen molar-refractivity contribution in [2.24, 2.45) is 0 Å². The summed E-state index contributed by atoms with van der Waals surface area (Å²) < 4.78 is 18.7. The number of esters is 1. The second-order valence-corrected chi connectivity index (χ2v) is 4.52. The van der Waals surface area contributed by atoms with Gasteiger partial charge in [0.05, 0.1) is 5.56 Å². The molecule has 1 atom stereocenters. The highest BCUT2D eigenvalue weighted by atomic mass is 35.5. The highest BCUT2D eigenvalue weighted by molar-refractivity contribution is 6.30. The fraction of sp³-hybridized carbons (Fsp3) is 0.133. The average Bonchev–Trinajstić information content (AvgIpc) is 2.42. The van der Waals surface area contributed by atoms with Crippen LogP contribution in [-0.2, 0) is 4.74 Å². The molecule has 0 fully saturated rings. The van der Waals surface area contributed by atoms with Gasteiger partial charge < -0.3 is 4.74 Å². The number of ether oxygens (including phenoxy) is 1. The molecule has 0 aliphatic heterocycles. The molecule has 0 spiro atoms. The van der Waals surface area contributed by atoms with E-state index in [0.717, 1.165) is 11.6 Å². The predicted octanol–water partition coefficient (Wildman–Crippen LogP) is 4.40. The molecule has 0 saturated heterocycles. The molecule has 19 heavy (non-hydrogen) atoms. The molecule has 0 saturated carbocycles. The Morgan fingerprint density at radius 2 is 1.89 bits per heavy atom. The molecule has 4 heteroatoms. The summed E-state index contributed by atoms with van der Waals surface area (Å²) in [6.45, 7) is 1.73. The molecule has 2 rings (SSSR count). The van der Waals surface area contributed by atoms with E-state index in [0.29, 0.717) is 5.02 Å². The molecule has 2 aromatic carbocycles. The molecule has 0 aromatic heterocycles. The van der Waals surface area contributed by atoms with Crippen molar-refractivity contribution in [1.82, 2.24) is 0 Å². The van der Waals surface area contributed by atoms with Crippen LogP contribution in [0.25, 0.3) is 0 Å². The Morgan fingerprint density at radius 1 is 1.21 bits per heavy atom. The minimum absolute atomic E-state index is 0.157. The molecular formula is C15H12ClFO2. The lowest BCUT2D eigenvalue weighted by Crippen LogP contribution is -2.11. The molecule has 2 aromatic rings. The van der Waals surface area contributed by atoms with Crippen molar-refractivity contribution in [2.75, 3.05) is 0 Å². The zero-order valence-corrected chi connectivity index (χ0v) is 11.0. The summed E-state index contributed by atoms with van der Waals surface area (Å²) in [6.07, 6.45) is -0.452. The van der Waals surface area contributed by atoms with Crippen molar-refractivity contribution in [2.45, 2.75) is 13.0 Å². The monoisotopic (exact) mass is 278 g/mol. The van der Waals surface area contributed by atoms with Crippen molar-refractivity contribution >= 4 is 17.6 Å². The molecule has 2 nitrogen and oxygen atoms in total. The number of rotatable bonds is 3. The van der Waals surface area contributed by atoms with E-state index in [2.05, 4.69) is 0 Å². The van der Waals surface area contributed by atoms with E-state index < -0.39 is 17.9 Å². The second kappa shape index (κ2) is 5.85. The fourth-order valence-corrected chi connectivity index (χ4v) is 1.84. The van der Waals surface area contributed by atoms with Crippen LogP contribution in [0.1, 0.15) is 28.9 Å². The van der Waals surface area contributed by atoms with Crippen molar-refractivity contribution < 1.29 is 13.9 Å². The van der Waals surface area contributed by atoms with Gasteiger partial charge in [-0.3, -0.25) is 0 Å². The predicted molar refractivity (Wildman–Crippen MR) is 71.7 cm³/mol. The Kier molecular flexibility index (Phi) is 4.17. The zero-order valence-electron chi connectivity index (χ0n) is 10.3. The summed E-state index contributed by atoms with van der Waals surface area (Å²) in [4.78, 5) is 11.9. The van der Waals surface area contributed by atoms with E-state index in [4.69, 9.17) is 16.3 Å². The van der Waals surface area contributed by atoms with Crippen LogP contribution in [0.2, 0.25) is 5.02 Å². The smallest absolute Gasteiger partial charge is 0.341 e. The third kappa shape index (κ3) is 3.32. The average molecular weight is 279 g/mol. The van der Waals surface area contributed by atoms with Gasteiger partial charge in [-0.25, -0.2) is 9.18 Å². The number of carbonyl (C=O) groups excluding carboxylic acids is 1. The summed E-state index contributed by atoms with van der Waals surface area (Å²) in [6, 6.07) is 13.0. The maximum absolute atomic E-state index is 13.5. The molecule has 0 N–H and O–H groups in total. The Balaban J connectivity index is 2.15. The van der Waals surface area contributed by atoms with Crippen LogP contribution in [0.4, 0.5) is 4.39 Å². The van der Waals surface area contributed by atoms with Gasteiger partial charge in [0.1, 0.15) is 11.9 Å². The van der Waals surface area contributed by atoms with E-state index in [9.17, 15) is 9.18 Å². The minimum Gasteiger partial charge on any atom is -0.454 e. The van der Waals surface area contributed by atoms with Gasteiger partial charge in [-0.15, -0.1) is 0 Å². The third-order valence-electron chi connectivity index (χ3n) is 2.70. The quantitative estimate of drug-likeness (QED) is 0.778. The molecule has 0 aliphatic rings. The fourth-order valence-electron chi connectivity index (χ4n) is 1.67. The van der Waals surface area contributed by atoms with Crippen LogP contribution in [0.5, 0.6) is 0 Å². The first kappa shape index (κ1) is 13.6. The van der Waals surface area contributed by atoms with Crippen LogP contribution in [0, 0.1) is 5.82 Å². The number of benzene rings is 2. The van der Waals surface area contributed by atoms with Crippen molar-refractivity contribution in [3.63, 3.8) is 0 Å². The first-order valence-electron chi connectivity index (χ1n) is 5.79. The summed E-state index contributed by atoms with van der Waals surface area (Å²) in [5.74, 6) is -1.37. The Morgan fingerprint density at radius 3 is 2.58 bits per heavy atom. The lowest BCUT2D eigenvalue weighted by molar-refractivity contribution is 0.0332. The number of hydrogen-bond donors (Lipinski definition) is 0. The summed E-state index contributed by atoms with van der Waals surface area (Å²) in [5, 5.41) is 0.292. The van der Waals surface area contributed by atoms with Crippen molar-refractivity contribution in [3.05, 3.63) is 70.5 Å². The highest BCUT2D eigenvalue weighted by Crippen LogP contribution is 2.21. The van der Waals surface area contributed by atoms with Gasteiger partial charge in [0.25, 0.3) is 0 Å². The van der Waals surface area contributed by atoms with Gasteiger partial charge in [0.2, 0.25) is 0 Å². The SMILES string of the molecule is CC(OC(=O)c1cc(Cl)ccc1F)c1ccccc1.